The molecule has 0 amide bonds. The summed E-state index contributed by atoms with van der Waals surface area (Å²) in [5.41, 5.74) is 0.764. The lowest BCUT2D eigenvalue weighted by Crippen LogP contribution is -2.23. The van der Waals surface area contributed by atoms with Gasteiger partial charge in [-0.15, -0.1) is 0 Å². The average Bonchev–Trinajstić information content (AvgIpc) is 1.61. The predicted molar refractivity (Wildman–Crippen MR) is 32.2 cm³/mol. The van der Waals surface area contributed by atoms with Crippen LogP contribution in [-0.4, -0.2) is 0 Å². The first kappa shape index (κ1) is 5.14. The zero-order valence-corrected chi connectivity index (χ0v) is 5.33. The molecule has 0 atom stereocenters. The van der Waals surface area contributed by atoms with E-state index in [-0.39, 0.29) is 0 Å². The van der Waals surface area contributed by atoms with E-state index < -0.39 is 0 Å². The molecule has 0 saturated heterocycles. The van der Waals surface area contributed by atoms with Crippen LogP contribution in [0.2, 0.25) is 0 Å². The highest BCUT2D eigenvalue weighted by molar-refractivity contribution is 4.81. The molecule has 0 aliphatic heterocycles. The third-order valence-corrected chi connectivity index (χ3v) is 2.41. The molecule has 0 aromatic carbocycles. The van der Waals surface area contributed by atoms with Crippen LogP contribution in [0.5, 0.6) is 0 Å². The van der Waals surface area contributed by atoms with Crippen molar-refractivity contribution in [1.29, 1.82) is 0 Å². The third-order valence-electron chi connectivity index (χ3n) is 2.41. The Bertz CT molecular complexity index is 54.9. The molecule has 0 bridgehead atoms. The highest BCUT2D eigenvalue weighted by Crippen LogP contribution is 2.42. The molecular formula is C7H14. The smallest absolute Gasteiger partial charge is 0.0328 e. The summed E-state index contributed by atoms with van der Waals surface area (Å²) < 4.78 is 0. The normalized spacial score (nSPS) is 26.6. The van der Waals surface area contributed by atoms with Crippen molar-refractivity contribution in [3.8, 4) is 0 Å². The molecule has 0 unspecified atom stereocenters. The molecule has 1 saturated carbocycles. The lowest BCUT2D eigenvalue weighted by atomic mass is 9.69. The van der Waals surface area contributed by atoms with Gasteiger partial charge in [0.1, 0.15) is 0 Å². The minimum atomic E-state index is 0.764. The largest absolute Gasteiger partial charge is 0.0649 e. The summed E-state index contributed by atoms with van der Waals surface area (Å²) in [7, 11) is 0. The van der Waals surface area contributed by atoms with E-state index in [9.17, 15) is 0 Å². The molecule has 1 rings (SSSR count). The summed E-state index contributed by atoms with van der Waals surface area (Å²) >= 11 is 0. The van der Waals surface area contributed by atoms with Crippen LogP contribution >= 0.6 is 0 Å². The van der Waals surface area contributed by atoms with E-state index in [1.54, 1.807) is 0 Å². The zero-order valence-electron chi connectivity index (χ0n) is 5.33. The Morgan fingerprint density at radius 2 is 2.00 bits per heavy atom. The molecule has 1 aliphatic rings. The van der Waals surface area contributed by atoms with Gasteiger partial charge in [0.2, 0.25) is 0 Å². The van der Waals surface area contributed by atoms with Gasteiger partial charge in [-0.3, -0.25) is 0 Å². The molecule has 0 spiro atoms. The van der Waals surface area contributed by atoms with Crippen LogP contribution in [0.1, 0.15) is 39.5 Å². The van der Waals surface area contributed by atoms with Gasteiger partial charge in [0.15, 0.2) is 0 Å². The van der Waals surface area contributed by atoms with Crippen molar-refractivity contribution in [2.24, 2.45) is 5.41 Å². The molecule has 0 aromatic rings. The minimum absolute atomic E-state index is 0.764. The van der Waals surface area contributed by atoms with Crippen molar-refractivity contribution in [1.82, 2.24) is 0 Å². The summed E-state index contributed by atoms with van der Waals surface area (Å²) in [6.45, 7) is 4.68. The lowest BCUT2D eigenvalue weighted by Gasteiger charge is -2.37. The summed E-state index contributed by atoms with van der Waals surface area (Å²) in [4.78, 5) is 0. The van der Waals surface area contributed by atoms with Gasteiger partial charge in [-0.25, -0.2) is 0 Å². The van der Waals surface area contributed by atoms with Crippen LogP contribution in [0.4, 0.5) is 0 Å². The van der Waals surface area contributed by atoms with Crippen molar-refractivity contribution in [2.45, 2.75) is 39.5 Å². The summed E-state index contributed by atoms with van der Waals surface area (Å²) in [6.07, 6.45) is 5.81. The molecule has 1 aliphatic carbocycles. The van der Waals surface area contributed by atoms with Crippen LogP contribution in [0, 0.1) is 5.41 Å². The number of hydrogen-bond donors (Lipinski definition) is 0. The van der Waals surface area contributed by atoms with Crippen molar-refractivity contribution in [2.75, 3.05) is 0 Å². The summed E-state index contributed by atoms with van der Waals surface area (Å²) in [5, 5.41) is 0. The van der Waals surface area contributed by atoms with E-state index in [1.165, 1.54) is 25.7 Å². The van der Waals surface area contributed by atoms with E-state index in [4.69, 9.17) is 0 Å². The quantitative estimate of drug-likeness (QED) is 0.473. The molecule has 0 aromatic heterocycles. The highest BCUT2D eigenvalue weighted by Gasteiger charge is 2.28. The van der Waals surface area contributed by atoms with E-state index >= 15 is 0 Å². The topological polar surface area (TPSA) is 0 Å². The van der Waals surface area contributed by atoms with Crippen LogP contribution < -0.4 is 0 Å². The fraction of sp³-hybridized carbons (Fsp3) is 1.00. The van der Waals surface area contributed by atoms with Gasteiger partial charge in [-0.2, -0.15) is 0 Å². The molecule has 1 fully saturated rings. The Morgan fingerprint density at radius 1 is 1.43 bits per heavy atom. The molecule has 7 heavy (non-hydrogen) atoms. The van der Waals surface area contributed by atoms with Crippen molar-refractivity contribution in [3.05, 3.63) is 0 Å². The Morgan fingerprint density at radius 3 is 2.00 bits per heavy atom. The standard InChI is InChI=1S/C7H14/c1-3-7(2)5-4-6-7/h3-6H2,1-2H3. The summed E-state index contributed by atoms with van der Waals surface area (Å²) in [5.74, 6) is 0. The maximum Gasteiger partial charge on any atom is -0.0328 e. The lowest BCUT2D eigenvalue weighted by molar-refractivity contribution is 0.155. The molecular weight excluding hydrogens is 84.1 g/mol. The first-order valence-corrected chi connectivity index (χ1v) is 3.27. The monoisotopic (exact) mass is 98.1 g/mol. The Labute approximate surface area is 45.9 Å². The van der Waals surface area contributed by atoms with Gasteiger partial charge in [-0.05, 0) is 18.3 Å². The molecule has 0 radical (unpaired) electrons. The SMILES string of the molecule is CCC1(C)CCC1. The molecule has 0 heteroatoms. The minimum Gasteiger partial charge on any atom is -0.0649 e. The average molecular weight is 98.2 g/mol. The third kappa shape index (κ3) is 0.793. The first-order valence-electron chi connectivity index (χ1n) is 3.27. The fourth-order valence-corrected chi connectivity index (χ4v) is 1.13. The second-order valence-corrected chi connectivity index (χ2v) is 3.02. The van der Waals surface area contributed by atoms with Crippen LogP contribution in [0.25, 0.3) is 0 Å². The van der Waals surface area contributed by atoms with E-state index in [1.807, 2.05) is 0 Å². The van der Waals surface area contributed by atoms with Crippen LogP contribution in [-0.2, 0) is 0 Å². The van der Waals surface area contributed by atoms with Gasteiger partial charge in [0, 0.05) is 0 Å². The molecule has 0 nitrogen and oxygen atoms in total. The maximum atomic E-state index is 2.39. The van der Waals surface area contributed by atoms with Crippen molar-refractivity contribution < 1.29 is 0 Å². The number of hydrogen-bond acceptors (Lipinski definition) is 0. The van der Waals surface area contributed by atoms with E-state index in [2.05, 4.69) is 13.8 Å². The maximum absolute atomic E-state index is 2.39. The first-order chi connectivity index (χ1) is 3.27. The number of rotatable bonds is 1. The van der Waals surface area contributed by atoms with Gasteiger partial charge >= 0.3 is 0 Å². The van der Waals surface area contributed by atoms with Gasteiger partial charge in [0.05, 0.1) is 0 Å². The van der Waals surface area contributed by atoms with E-state index in [0.717, 1.165) is 5.41 Å². The van der Waals surface area contributed by atoms with Crippen molar-refractivity contribution >= 4 is 0 Å². The summed E-state index contributed by atoms with van der Waals surface area (Å²) in [6, 6.07) is 0. The predicted octanol–water partition coefficient (Wildman–Crippen LogP) is 2.59. The Kier molecular flexibility index (Phi) is 1.10. The molecule has 0 N–H and O–H groups in total. The second-order valence-electron chi connectivity index (χ2n) is 3.02. The van der Waals surface area contributed by atoms with Gasteiger partial charge in [0.25, 0.3) is 0 Å². The second kappa shape index (κ2) is 1.50. The van der Waals surface area contributed by atoms with Crippen molar-refractivity contribution in [3.63, 3.8) is 0 Å². The van der Waals surface area contributed by atoms with E-state index in [0.29, 0.717) is 0 Å². The molecule has 42 valence electrons. The van der Waals surface area contributed by atoms with Crippen LogP contribution in [0.15, 0.2) is 0 Å². The Hall–Kier alpha value is 0. The zero-order chi connectivity index (χ0) is 5.33. The van der Waals surface area contributed by atoms with Gasteiger partial charge in [-0.1, -0.05) is 26.7 Å². The Balaban J connectivity index is 2.29. The molecule has 0 heterocycles. The highest BCUT2D eigenvalue weighted by atomic mass is 14.3. The fourth-order valence-electron chi connectivity index (χ4n) is 1.13. The van der Waals surface area contributed by atoms with Crippen LogP contribution in [0.3, 0.4) is 0 Å². The van der Waals surface area contributed by atoms with Gasteiger partial charge < -0.3 is 0 Å².